The number of carbonyl (C=O) groups is 1. The van der Waals surface area contributed by atoms with Gasteiger partial charge in [-0.25, -0.2) is 9.97 Å². The first kappa shape index (κ1) is 18.7. The molecule has 5 nitrogen and oxygen atoms in total. The molecule has 0 saturated carbocycles. The summed E-state index contributed by atoms with van der Waals surface area (Å²) in [5.41, 5.74) is -1.88. The molecule has 0 saturated heterocycles. The molecule has 3 rings (SSSR count). The van der Waals surface area contributed by atoms with Gasteiger partial charge in [-0.3, -0.25) is 4.79 Å². The van der Waals surface area contributed by atoms with Crippen LogP contribution in [-0.4, -0.2) is 20.4 Å². The Labute approximate surface area is 147 Å². The highest BCUT2D eigenvalue weighted by Crippen LogP contribution is 2.33. The van der Waals surface area contributed by atoms with Crippen molar-refractivity contribution in [2.75, 3.05) is 0 Å². The number of fused-ring (bicyclic) bond motifs is 1. The lowest BCUT2D eigenvalue weighted by molar-refractivity contribution is -0.143. The molecule has 0 fully saturated rings. The van der Waals surface area contributed by atoms with E-state index in [2.05, 4.69) is 15.3 Å². The molecule has 11 heteroatoms. The molecular weight excluding hydrogens is 378 g/mol. The van der Waals surface area contributed by atoms with Gasteiger partial charge in [-0.1, -0.05) is 18.2 Å². The molecule has 1 amide bonds. The van der Waals surface area contributed by atoms with Crippen LogP contribution in [0, 0.1) is 0 Å². The molecule has 0 bridgehead atoms. The van der Waals surface area contributed by atoms with E-state index in [1.165, 1.54) is 12.1 Å². The molecule has 0 atom stereocenters. The molecule has 1 aromatic carbocycles. The molecule has 2 heterocycles. The molecule has 0 aliphatic carbocycles. The van der Waals surface area contributed by atoms with E-state index in [1.54, 1.807) is 12.1 Å². The number of rotatable bonds is 3. The van der Waals surface area contributed by atoms with E-state index in [4.69, 9.17) is 0 Å². The van der Waals surface area contributed by atoms with Gasteiger partial charge in [0.25, 0.3) is 5.91 Å². The largest absolute Gasteiger partial charge is 0.431 e. The van der Waals surface area contributed by atoms with Crippen LogP contribution < -0.4 is 5.32 Å². The molecule has 0 aliphatic rings. The fourth-order valence-electron chi connectivity index (χ4n) is 2.44. The lowest BCUT2D eigenvalue weighted by Crippen LogP contribution is -2.29. The molecule has 1 N–H and O–H groups in total. The van der Waals surface area contributed by atoms with Crippen LogP contribution >= 0.6 is 0 Å². The van der Waals surface area contributed by atoms with Crippen molar-refractivity contribution in [3.8, 4) is 0 Å². The van der Waals surface area contributed by atoms with Gasteiger partial charge in [-0.05, 0) is 12.1 Å². The number of benzene rings is 1. The second kappa shape index (κ2) is 6.56. The summed E-state index contributed by atoms with van der Waals surface area (Å²) in [5.74, 6) is -1.59. The number of para-hydroxylation sites is 1. The Morgan fingerprint density at radius 1 is 1.00 bits per heavy atom. The smallest absolute Gasteiger partial charge is 0.331 e. The molecule has 3 aromatic rings. The molecule has 142 valence electrons. The average Bonchev–Trinajstić information content (AvgIpc) is 2.98. The van der Waals surface area contributed by atoms with E-state index in [9.17, 15) is 31.1 Å². The molecule has 0 radical (unpaired) electrons. The number of hydrogen-bond donors (Lipinski definition) is 1. The number of amides is 1. The van der Waals surface area contributed by atoms with Gasteiger partial charge in [0.15, 0.2) is 0 Å². The number of alkyl halides is 6. The van der Waals surface area contributed by atoms with Gasteiger partial charge < -0.3 is 9.88 Å². The van der Waals surface area contributed by atoms with E-state index in [0.717, 1.165) is 10.6 Å². The molecule has 0 aliphatic heterocycles. The lowest BCUT2D eigenvalue weighted by atomic mass is 10.2. The van der Waals surface area contributed by atoms with Crippen molar-refractivity contribution < 1.29 is 31.1 Å². The van der Waals surface area contributed by atoms with Crippen molar-refractivity contribution in [2.45, 2.75) is 19.0 Å². The van der Waals surface area contributed by atoms with Crippen LogP contribution in [0.1, 0.15) is 21.9 Å². The summed E-state index contributed by atoms with van der Waals surface area (Å²) in [4.78, 5) is 18.6. The van der Waals surface area contributed by atoms with E-state index in [0.29, 0.717) is 17.8 Å². The highest BCUT2D eigenvalue weighted by atomic mass is 19.4. The zero-order chi connectivity index (χ0) is 19.8. The van der Waals surface area contributed by atoms with E-state index in [1.807, 2.05) is 0 Å². The van der Waals surface area contributed by atoms with E-state index < -0.39 is 42.0 Å². The Bertz CT molecular complexity index is 975. The van der Waals surface area contributed by atoms with Crippen LogP contribution in [0.5, 0.6) is 0 Å². The zero-order valence-electron chi connectivity index (χ0n) is 13.3. The number of hydrogen-bond acceptors (Lipinski definition) is 3. The molecule has 0 unspecified atom stereocenters. The first-order chi connectivity index (χ1) is 12.6. The zero-order valence-corrected chi connectivity index (χ0v) is 13.3. The molecular formula is C16H10F6N4O. The summed E-state index contributed by atoms with van der Waals surface area (Å²) in [7, 11) is 0. The average molecular weight is 388 g/mol. The van der Waals surface area contributed by atoms with Crippen molar-refractivity contribution in [3.05, 3.63) is 59.8 Å². The van der Waals surface area contributed by atoms with Crippen molar-refractivity contribution in [3.63, 3.8) is 0 Å². The minimum absolute atomic E-state index is 0.235. The maximum absolute atomic E-state index is 13.2. The van der Waals surface area contributed by atoms with Crippen LogP contribution in [-0.2, 0) is 19.0 Å². The monoisotopic (exact) mass is 388 g/mol. The molecule has 27 heavy (non-hydrogen) atoms. The van der Waals surface area contributed by atoms with Gasteiger partial charge >= 0.3 is 12.4 Å². The number of carbonyl (C=O) groups excluding carboxylic acids is 1. The predicted octanol–water partition coefficient (Wildman–Crippen LogP) is 3.86. The third-order valence-corrected chi connectivity index (χ3v) is 3.68. The molecule has 2 aromatic heterocycles. The van der Waals surface area contributed by atoms with Gasteiger partial charge in [0, 0.05) is 17.8 Å². The van der Waals surface area contributed by atoms with Crippen molar-refractivity contribution in [1.82, 2.24) is 19.9 Å². The Balaban J connectivity index is 1.83. The van der Waals surface area contributed by atoms with Gasteiger partial charge in [0.1, 0.15) is 5.69 Å². The Kier molecular flexibility index (Phi) is 4.54. The Morgan fingerprint density at radius 3 is 2.22 bits per heavy atom. The third-order valence-electron chi connectivity index (χ3n) is 3.68. The Morgan fingerprint density at radius 2 is 1.63 bits per heavy atom. The second-order valence-electron chi connectivity index (χ2n) is 5.47. The summed E-state index contributed by atoms with van der Waals surface area (Å²) in [6, 6.07) is 6.99. The van der Waals surface area contributed by atoms with Gasteiger partial charge in [-0.2, -0.15) is 26.3 Å². The standard InChI is InChI=1S/C16H10F6N4O/c17-15(18,19)10-6-23-13(24-7-10)14(27)25-8-26-11-4-2-1-3-9(11)5-12(26)16(20,21)22/h1-7H,8H2,(H,25,27). The minimum atomic E-state index is -4.67. The van der Waals surface area contributed by atoms with E-state index >= 15 is 0 Å². The van der Waals surface area contributed by atoms with Crippen molar-refractivity contribution in [1.29, 1.82) is 0 Å². The fourth-order valence-corrected chi connectivity index (χ4v) is 2.44. The van der Waals surface area contributed by atoms with E-state index in [-0.39, 0.29) is 5.52 Å². The predicted molar refractivity (Wildman–Crippen MR) is 81.4 cm³/mol. The quantitative estimate of drug-likeness (QED) is 0.694. The normalized spacial score (nSPS) is 12.4. The lowest BCUT2D eigenvalue weighted by Gasteiger charge is -2.14. The van der Waals surface area contributed by atoms with Crippen LogP contribution in [0.2, 0.25) is 0 Å². The third kappa shape index (κ3) is 3.86. The summed E-state index contributed by atoms with van der Waals surface area (Å²) in [5, 5.41) is 2.51. The summed E-state index contributed by atoms with van der Waals surface area (Å²) in [6.07, 6.45) is -8.47. The second-order valence-corrected chi connectivity index (χ2v) is 5.47. The topological polar surface area (TPSA) is 59.8 Å². The summed E-state index contributed by atoms with van der Waals surface area (Å²) in [6.45, 7) is -0.564. The SMILES string of the molecule is O=C(NCn1c(C(F)(F)F)cc2ccccc21)c1ncc(C(F)(F)F)cn1. The minimum Gasteiger partial charge on any atom is -0.331 e. The van der Waals surface area contributed by atoms with Crippen LogP contribution in [0.3, 0.4) is 0 Å². The van der Waals surface area contributed by atoms with Gasteiger partial charge in [0.05, 0.1) is 17.7 Å². The van der Waals surface area contributed by atoms with Gasteiger partial charge in [0.2, 0.25) is 5.82 Å². The summed E-state index contributed by atoms with van der Waals surface area (Å²) < 4.78 is 77.9. The fraction of sp³-hybridized carbons (Fsp3) is 0.188. The number of halogens is 6. The van der Waals surface area contributed by atoms with Crippen molar-refractivity contribution in [2.24, 2.45) is 0 Å². The van der Waals surface area contributed by atoms with Crippen molar-refractivity contribution >= 4 is 16.8 Å². The van der Waals surface area contributed by atoms with Crippen LogP contribution in [0.25, 0.3) is 10.9 Å². The van der Waals surface area contributed by atoms with Crippen LogP contribution in [0.15, 0.2) is 42.7 Å². The highest BCUT2D eigenvalue weighted by Gasteiger charge is 2.35. The van der Waals surface area contributed by atoms with Gasteiger partial charge in [-0.15, -0.1) is 0 Å². The number of nitrogens with one attached hydrogen (secondary N) is 1. The summed E-state index contributed by atoms with van der Waals surface area (Å²) >= 11 is 0. The number of aromatic nitrogens is 3. The Hall–Kier alpha value is -3.11. The maximum atomic E-state index is 13.2. The maximum Gasteiger partial charge on any atom is 0.431 e. The molecule has 0 spiro atoms. The first-order valence-electron chi connectivity index (χ1n) is 7.40. The highest BCUT2D eigenvalue weighted by molar-refractivity contribution is 5.90. The van der Waals surface area contributed by atoms with Crippen LogP contribution in [0.4, 0.5) is 26.3 Å². The number of nitrogens with zero attached hydrogens (tertiary/aromatic N) is 3. The first-order valence-corrected chi connectivity index (χ1v) is 7.40.